The van der Waals surface area contributed by atoms with Crippen LogP contribution in [-0.2, 0) is 14.8 Å². The van der Waals surface area contributed by atoms with E-state index in [1.807, 2.05) is 6.07 Å². The summed E-state index contributed by atoms with van der Waals surface area (Å²) in [6.07, 6.45) is 6.50. The summed E-state index contributed by atoms with van der Waals surface area (Å²) in [6.45, 7) is 2.89. The zero-order valence-electron chi connectivity index (χ0n) is 17.5. The van der Waals surface area contributed by atoms with Crippen LogP contribution >= 0.6 is 0 Å². The van der Waals surface area contributed by atoms with Gasteiger partial charge >= 0.3 is 0 Å². The lowest BCUT2D eigenvalue weighted by Gasteiger charge is -2.42. The summed E-state index contributed by atoms with van der Waals surface area (Å²) in [5.41, 5.74) is 1.32. The average Bonchev–Trinajstić information content (AvgIpc) is 2.68. The first kappa shape index (κ1) is 21.2. The third-order valence-corrected chi connectivity index (χ3v) is 7.57. The van der Waals surface area contributed by atoms with Crippen molar-refractivity contribution in [3.05, 3.63) is 29.8 Å². The second kappa shape index (κ2) is 8.96. The molecule has 3 heterocycles. The Kier molecular flexibility index (Phi) is 6.54. The molecule has 1 unspecified atom stereocenters. The van der Waals surface area contributed by atoms with Crippen LogP contribution in [0, 0.1) is 0 Å². The molecule has 1 aliphatic carbocycles. The van der Waals surface area contributed by atoms with Crippen LogP contribution < -0.4 is 9.46 Å². The predicted molar refractivity (Wildman–Crippen MR) is 117 cm³/mol. The number of para-hydroxylation sites is 1. The van der Waals surface area contributed by atoms with Crippen molar-refractivity contribution in [2.24, 2.45) is 0 Å². The molecule has 0 radical (unpaired) electrons. The number of hydrogen-bond acceptors (Lipinski definition) is 5. The van der Waals surface area contributed by atoms with Crippen molar-refractivity contribution in [3.8, 4) is 5.75 Å². The Morgan fingerprint density at radius 1 is 1.17 bits per heavy atom. The van der Waals surface area contributed by atoms with Crippen LogP contribution in [0.2, 0.25) is 5.82 Å². The lowest BCUT2D eigenvalue weighted by atomic mass is 9.65. The lowest BCUT2D eigenvalue weighted by Crippen LogP contribution is -2.58. The third kappa shape index (κ3) is 5.16. The van der Waals surface area contributed by atoms with Gasteiger partial charge in [0.25, 0.3) is 0 Å². The van der Waals surface area contributed by atoms with Gasteiger partial charge in [-0.1, -0.05) is 24.0 Å². The van der Waals surface area contributed by atoms with Crippen molar-refractivity contribution in [2.75, 3.05) is 32.6 Å². The van der Waals surface area contributed by atoms with Crippen molar-refractivity contribution >= 4 is 17.9 Å². The maximum atomic E-state index is 11.9. The van der Waals surface area contributed by atoms with E-state index in [1.54, 1.807) is 0 Å². The number of rotatable bonds is 2. The van der Waals surface area contributed by atoms with E-state index in [0.717, 1.165) is 50.9 Å². The highest BCUT2D eigenvalue weighted by atomic mass is 32.2. The molecule has 3 aliphatic heterocycles. The van der Waals surface area contributed by atoms with Gasteiger partial charge in [0, 0.05) is 18.6 Å². The molecule has 2 fully saturated rings. The fourth-order valence-electron chi connectivity index (χ4n) is 5.42. The largest absolute Gasteiger partial charge is 0.492 e. The normalized spacial score (nSPS) is 34.0. The summed E-state index contributed by atoms with van der Waals surface area (Å²) in [7, 11) is -0.937. The van der Waals surface area contributed by atoms with Crippen LogP contribution in [0.25, 0.3) is 0 Å². The Bertz CT molecular complexity index is 806. The molecule has 5 rings (SSSR count). The molecule has 160 valence electrons. The minimum absolute atomic E-state index is 0.0473. The molecular formula is C21H33BN2O4S. The van der Waals surface area contributed by atoms with Gasteiger partial charge in [0.1, 0.15) is 20.2 Å². The highest BCUT2D eigenvalue weighted by Gasteiger charge is 2.36. The van der Waals surface area contributed by atoms with Gasteiger partial charge in [0.05, 0.1) is 19.0 Å². The van der Waals surface area contributed by atoms with Gasteiger partial charge in [0.15, 0.2) is 0 Å². The van der Waals surface area contributed by atoms with Gasteiger partial charge < -0.3 is 9.47 Å². The maximum Gasteiger partial charge on any atom is 0.209 e. The predicted octanol–water partition coefficient (Wildman–Crippen LogP) is 1.54. The third-order valence-electron chi connectivity index (χ3n) is 6.84. The molecule has 1 saturated heterocycles. The van der Waals surface area contributed by atoms with Crippen molar-refractivity contribution in [1.29, 1.82) is 0 Å². The lowest BCUT2D eigenvalue weighted by molar-refractivity contribution is -0.0282. The van der Waals surface area contributed by atoms with Gasteiger partial charge in [-0.05, 0) is 56.2 Å². The molecule has 4 aliphatic rings. The zero-order valence-corrected chi connectivity index (χ0v) is 18.4. The molecular weight excluding hydrogens is 387 g/mol. The number of benzene rings is 1. The fraction of sp³-hybridized carbons (Fsp3) is 0.714. The summed E-state index contributed by atoms with van der Waals surface area (Å²) in [4.78, 5) is 2.35. The maximum absolute atomic E-state index is 11.9. The minimum Gasteiger partial charge on any atom is -0.492 e. The van der Waals surface area contributed by atoms with Gasteiger partial charge in [0.2, 0.25) is 10.0 Å². The van der Waals surface area contributed by atoms with Crippen molar-refractivity contribution in [1.82, 2.24) is 9.62 Å². The highest BCUT2D eigenvalue weighted by molar-refractivity contribution is 7.88. The van der Waals surface area contributed by atoms with E-state index in [9.17, 15) is 8.42 Å². The number of fused-ring (bicyclic) bond motifs is 5. The number of hydrogen-bond donors (Lipinski definition) is 1. The Balaban J connectivity index is 1.58. The number of piperidine rings is 1. The van der Waals surface area contributed by atoms with Crippen LogP contribution in [0.5, 0.6) is 5.75 Å². The first-order valence-electron chi connectivity index (χ1n) is 11.0. The summed E-state index contributed by atoms with van der Waals surface area (Å²) >= 11 is 0. The second-order valence-electron chi connectivity index (χ2n) is 8.98. The Labute approximate surface area is 175 Å². The van der Waals surface area contributed by atoms with E-state index in [0.29, 0.717) is 24.9 Å². The molecule has 1 N–H and O–H groups in total. The van der Waals surface area contributed by atoms with E-state index in [-0.39, 0.29) is 18.2 Å². The summed E-state index contributed by atoms with van der Waals surface area (Å²) < 4.78 is 39.3. The first-order valence-corrected chi connectivity index (χ1v) is 12.8. The monoisotopic (exact) mass is 420 g/mol. The van der Waals surface area contributed by atoms with Crippen LogP contribution in [0.4, 0.5) is 0 Å². The zero-order chi connectivity index (χ0) is 20.4. The molecule has 8 heteroatoms. The number of nitrogens with one attached hydrogen (secondary N) is 1. The molecule has 6 nitrogen and oxygen atoms in total. The summed E-state index contributed by atoms with van der Waals surface area (Å²) in [5.74, 6) is 2.04. The van der Waals surface area contributed by atoms with Gasteiger partial charge in [-0.3, -0.25) is 4.90 Å². The van der Waals surface area contributed by atoms with Gasteiger partial charge in [-0.25, -0.2) is 13.1 Å². The highest BCUT2D eigenvalue weighted by Crippen LogP contribution is 2.44. The Hall–Kier alpha value is -1.09. The molecule has 1 aromatic carbocycles. The molecule has 0 amide bonds. The van der Waals surface area contributed by atoms with E-state index in [4.69, 9.17) is 9.47 Å². The molecule has 5 atom stereocenters. The number of nitrogens with zero attached hydrogens (tertiary/aromatic N) is 1. The van der Waals surface area contributed by atoms with Crippen LogP contribution in [0.15, 0.2) is 24.3 Å². The topological polar surface area (TPSA) is 67.9 Å². The molecule has 2 bridgehead atoms. The van der Waals surface area contributed by atoms with E-state index >= 15 is 0 Å². The molecule has 1 saturated carbocycles. The molecule has 0 spiro atoms. The molecule has 29 heavy (non-hydrogen) atoms. The van der Waals surface area contributed by atoms with E-state index in [2.05, 4.69) is 35.7 Å². The number of ether oxygens (including phenoxy) is 2. The van der Waals surface area contributed by atoms with Crippen LogP contribution in [0.1, 0.15) is 43.6 Å². The summed E-state index contributed by atoms with van der Waals surface area (Å²) in [5, 5.41) is 0. The van der Waals surface area contributed by atoms with Crippen molar-refractivity contribution < 1.29 is 17.9 Å². The average molecular weight is 420 g/mol. The molecule has 1 aromatic rings. The summed E-state index contributed by atoms with van der Waals surface area (Å²) in [6, 6.07) is 8.40. The minimum atomic E-state index is -3.25. The van der Waals surface area contributed by atoms with Crippen molar-refractivity contribution in [3.63, 3.8) is 0 Å². The van der Waals surface area contributed by atoms with Crippen LogP contribution in [0.3, 0.4) is 0 Å². The smallest absolute Gasteiger partial charge is 0.209 e. The Morgan fingerprint density at radius 2 is 2.00 bits per heavy atom. The quantitative estimate of drug-likeness (QED) is 0.736. The van der Waals surface area contributed by atoms with E-state index in [1.165, 1.54) is 11.8 Å². The number of sulfonamides is 1. The SMILES string of the molecule is BC1C[C@H]2CC[C@@H]1c1ccccc1OCCN1CCC[C@H](NS(C)(=O)=O)[C@@H]1CO2. The van der Waals surface area contributed by atoms with Crippen molar-refractivity contribution in [2.45, 2.75) is 62.0 Å². The van der Waals surface area contributed by atoms with Gasteiger partial charge in [-0.15, -0.1) is 0 Å². The van der Waals surface area contributed by atoms with Crippen LogP contribution in [-0.4, -0.2) is 71.9 Å². The Morgan fingerprint density at radius 3 is 2.79 bits per heavy atom. The standard InChI is InChI=1S/C21H33BN2O4S/c1-29(25,26)23-19-6-4-10-24-11-12-27-21-7-3-2-5-17(21)16-9-8-15(13-18(16)22)28-14-20(19)24/h2-3,5,7,15-16,18-20,23H,4,6,8-14,22H2,1H3/t15-,16-,18?,19+,20+/m1/s1. The molecule has 0 aromatic heterocycles. The van der Waals surface area contributed by atoms with E-state index < -0.39 is 10.0 Å². The first-order chi connectivity index (χ1) is 13.9. The second-order valence-corrected chi connectivity index (χ2v) is 10.8. The van der Waals surface area contributed by atoms with Gasteiger partial charge in [-0.2, -0.15) is 0 Å². The fourth-order valence-corrected chi connectivity index (χ4v) is 6.25.